The number of pyridine rings is 1. The number of β-amino-alcohol motifs (C(OH)–C–C–N with tert-alkyl or cyclic N) is 1. The molecule has 1 aliphatic rings. The van der Waals surface area contributed by atoms with Crippen molar-refractivity contribution in [3.05, 3.63) is 41.1 Å². The fourth-order valence-electron chi connectivity index (χ4n) is 5.28. The topological polar surface area (TPSA) is 114 Å². The summed E-state index contributed by atoms with van der Waals surface area (Å²) >= 11 is 0. The Morgan fingerprint density at radius 2 is 1.93 bits per heavy atom. The number of ether oxygens (including phenoxy) is 2. The van der Waals surface area contributed by atoms with Crippen molar-refractivity contribution >= 4 is 11.8 Å². The number of hydrogen-bond acceptors (Lipinski definition) is 10. The molecule has 2 atom stereocenters. The lowest BCUT2D eigenvalue weighted by Crippen LogP contribution is -2.35. The van der Waals surface area contributed by atoms with Gasteiger partial charge in [-0.15, -0.1) is 0 Å². The number of esters is 1. The maximum atomic E-state index is 11.8. The Morgan fingerprint density at radius 1 is 1.15 bits per heavy atom. The fourth-order valence-corrected chi connectivity index (χ4v) is 5.28. The molecule has 0 bridgehead atoms. The van der Waals surface area contributed by atoms with Gasteiger partial charge in [-0.1, -0.05) is 12.1 Å². The Kier molecular flexibility index (Phi) is 9.76. The normalized spacial score (nSPS) is 16.2. The first-order chi connectivity index (χ1) is 19.3. The van der Waals surface area contributed by atoms with E-state index in [-0.39, 0.29) is 18.5 Å². The van der Waals surface area contributed by atoms with Crippen LogP contribution in [0, 0.1) is 19.8 Å². The molecule has 1 fully saturated rings. The molecule has 1 N–H and O–H groups in total. The van der Waals surface area contributed by atoms with Crippen molar-refractivity contribution < 1.29 is 23.9 Å². The average molecular weight is 552 g/mol. The molecule has 0 radical (unpaired) electrons. The Bertz CT molecular complexity index is 1310. The van der Waals surface area contributed by atoms with Gasteiger partial charge in [0.25, 0.3) is 5.89 Å². The third-order valence-electron chi connectivity index (χ3n) is 7.39. The van der Waals surface area contributed by atoms with Crippen LogP contribution in [0.5, 0.6) is 5.75 Å². The van der Waals surface area contributed by atoms with Gasteiger partial charge in [-0.3, -0.25) is 9.69 Å². The first-order valence-corrected chi connectivity index (χ1v) is 14.1. The van der Waals surface area contributed by atoms with Crippen LogP contribution in [0.3, 0.4) is 0 Å². The van der Waals surface area contributed by atoms with E-state index >= 15 is 0 Å². The average Bonchev–Trinajstić information content (AvgIpc) is 3.62. The molecule has 3 aromatic rings. The molecule has 2 aromatic heterocycles. The molecule has 3 heterocycles. The molecule has 0 spiro atoms. The van der Waals surface area contributed by atoms with Crippen LogP contribution in [0.1, 0.15) is 44.0 Å². The number of aliphatic hydroxyl groups excluding tert-OH is 1. The molecule has 0 aliphatic carbocycles. The molecule has 1 aromatic carbocycles. The van der Waals surface area contributed by atoms with Gasteiger partial charge in [-0.05, 0) is 82.5 Å². The number of aryl methyl sites for hydroxylation is 3. The van der Waals surface area contributed by atoms with E-state index in [2.05, 4.69) is 40.7 Å². The van der Waals surface area contributed by atoms with E-state index < -0.39 is 6.10 Å². The van der Waals surface area contributed by atoms with E-state index in [1.54, 1.807) is 0 Å². The van der Waals surface area contributed by atoms with Crippen molar-refractivity contribution in [2.45, 2.75) is 53.6 Å². The van der Waals surface area contributed by atoms with E-state index in [1.807, 2.05) is 38.1 Å². The quantitative estimate of drug-likeness (QED) is 0.331. The van der Waals surface area contributed by atoms with Gasteiger partial charge in [-0.25, -0.2) is 4.98 Å². The van der Waals surface area contributed by atoms with Gasteiger partial charge in [-0.2, -0.15) is 4.98 Å². The first-order valence-electron chi connectivity index (χ1n) is 14.1. The minimum Gasteiger partial charge on any atom is -0.490 e. The van der Waals surface area contributed by atoms with E-state index in [0.717, 1.165) is 72.0 Å². The van der Waals surface area contributed by atoms with Crippen molar-refractivity contribution in [2.24, 2.45) is 5.92 Å². The molecule has 1 saturated heterocycles. The summed E-state index contributed by atoms with van der Waals surface area (Å²) in [6.07, 6.45) is 0.815. The highest BCUT2D eigenvalue weighted by Gasteiger charge is 2.30. The Hall–Kier alpha value is -3.50. The Balaban J connectivity index is 1.46. The van der Waals surface area contributed by atoms with Gasteiger partial charge in [0.15, 0.2) is 0 Å². The van der Waals surface area contributed by atoms with Crippen LogP contribution in [0.2, 0.25) is 0 Å². The second kappa shape index (κ2) is 13.2. The minimum absolute atomic E-state index is 0.128. The monoisotopic (exact) mass is 551 g/mol. The van der Waals surface area contributed by atoms with Crippen LogP contribution in [0.25, 0.3) is 22.8 Å². The summed E-state index contributed by atoms with van der Waals surface area (Å²) in [4.78, 5) is 25.4. The number of methoxy groups -OCH3 is 1. The summed E-state index contributed by atoms with van der Waals surface area (Å²) in [6, 6.07) is 7.94. The number of benzene rings is 1. The summed E-state index contributed by atoms with van der Waals surface area (Å²) in [7, 11) is 1.41. The van der Waals surface area contributed by atoms with Crippen LogP contribution in [0.15, 0.2) is 28.8 Å². The van der Waals surface area contributed by atoms with Crippen LogP contribution in [-0.4, -0.2) is 83.6 Å². The standard InChI is InChI=1S/C30H41N5O5/c1-7-21-14-23(28-32-29(40-33-28)24-13-20(5)31-26(15-24)35(8-2)9-3)12-19(4)27(21)39-18-25(36)17-34-11-10-22(16-34)30(37)38-6/h12-15,22,25,36H,7-11,16-18H2,1-6H3. The lowest BCUT2D eigenvalue weighted by Gasteiger charge is -2.21. The summed E-state index contributed by atoms with van der Waals surface area (Å²) in [5.74, 6) is 2.29. The summed E-state index contributed by atoms with van der Waals surface area (Å²) in [6.45, 7) is 13.9. The molecular formula is C30H41N5O5. The third-order valence-corrected chi connectivity index (χ3v) is 7.39. The summed E-state index contributed by atoms with van der Waals surface area (Å²) in [5.41, 5.74) is 4.51. The smallest absolute Gasteiger partial charge is 0.310 e. The van der Waals surface area contributed by atoms with Crippen molar-refractivity contribution in [3.63, 3.8) is 0 Å². The summed E-state index contributed by atoms with van der Waals surface area (Å²) in [5, 5.41) is 14.9. The number of hydrogen-bond donors (Lipinski definition) is 1. The maximum absolute atomic E-state index is 11.8. The van der Waals surface area contributed by atoms with Gasteiger partial charge in [0.1, 0.15) is 24.3 Å². The lowest BCUT2D eigenvalue weighted by atomic mass is 10.0. The number of likely N-dealkylation sites (tertiary alicyclic amines) is 1. The third kappa shape index (κ3) is 6.79. The molecule has 1 aliphatic heterocycles. The molecule has 216 valence electrons. The van der Waals surface area contributed by atoms with Crippen molar-refractivity contribution in [2.75, 3.05) is 51.3 Å². The molecular weight excluding hydrogens is 510 g/mol. The number of nitrogens with zero attached hydrogens (tertiary/aromatic N) is 5. The number of rotatable bonds is 12. The molecule has 2 unspecified atom stereocenters. The van der Waals surface area contributed by atoms with Gasteiger partial charge >= 0.3 is 5.97 Å². The van der Waals surface area contributed by atoms with Crippen LogP contribution >= 0.6 is 0 Å². The fraction of sp³-hybridized carbons (Fsp3) is 0.533. The van der Waals surface area contributed by atoms with Gasteiger partial charge in [0.2, 0.25) is 5.82 Å². The van der Waals surface area contributed by atoms with Gasteiger partial charge in [0, 0.05) is 43.0 Å². The van der Waals surface area contributed by atoms with Gasteiger partial charge < -0.3 is 24.0 Å². The predicted molar refractivity (Wildman–Crippen MR) is 153 cm³/mol. The zero-order valence-electron chi connectivity index (χ0n) is 24.4. The number of anilines is 1. The predicted octanol–water partition coefficient (Wildman–Crippen LogP) is 4.06. The first kappa shape index (κ1) is 29.5. The number of aromatic nitrogens is 3. The number of aliphatic hydroxyl groups is 1. The van der Waals surface area contributed by atoms with Crippen molar-refractivity contribution in [1.29, 1.82) is 0 Å². The van der Waals surface area contributed by atoms with Crippen molar-refractivity contribution in [1.82, 2.24) is 20.0 Å². The second-order valence-corrected chi connectivity index (χ2v) is 10.3. The van der Waals surface area contributed by atoms with Crippen molar-refractivity contribution in [3.8, 4) is 28.6 Å². The zero-order valence-corrected chi connectivity index (χ0v) is 24.4. The second-order valence-electron chi connectivity index (χ2n) is 10.3. The highest BCUT2D eigenvalue weighted by Crippen LogP contribution is 2.32. The number of carbonyl (C=O) groups excluding carboxylic acids is 1. The molecule has 0 saturated carbocycles. The van der Waals surface area contributed by atoms with E-state index in [1.165, 1.54) is 7.11 Å². The zero-order chi connectivity index (χ0) is 28.8. The molecule has 4 rings (SSSR count). The Morgan fingerprint density at radius 3 is 2.62 bits per heavy atom. The van der Waals surface area contributed by atoms with Crippen LogP contribution in [0.4, 0.5) is 5.82 Å². The molecule has 10 heteroatoms. The molecule has 0 amide bonds. The van der Waals surface area contributed by atoms with Crippen LogP contribution < -0.4 is 9.64 Å². The highest BCUT2D eigenvalue weighted by molar-refractivity contribution is 5.72. The molecule has 40 heavy (non-hydrogen) atoms. The van der Waals surface area contributed by atoms with Gasteiger partial charge in [0.05, 0.1) is 13.0 Å². The van der Waals surface area contributed by atoms with E-state index in [4.69, 9.17) is 19.0 Å². The van der Waals surface area contributed by atoms with E-state index in [0.29, 0.717) is 24.8 Å². The lowest BCUT2D eigenvalue weighted by molar-refractivity contribution is -0.145. The highest BCUT2D eigenvalue weighted by atomic mass is 16.5. The number of carbonyl (C=O) groups is 1. The van der Waals surface area contributed by atoms with Crippen LogP contribution in [-0.2, 0) is 16.0 Å². The summed E-state index contributed by atoms with van der Waals surface area (Å²) < 4.78 is 16.6. The SMILES string of the molecule is CCc1cc(-c2noc(-c3cc(C)nc(N(CC)CC)c3)n2)cc(C)c1OCC(O)CN1CCC(C(=O)OC)C1. The maximum Gasteiger partial charge on any atom is 0.310 e. The Labute approximate surface area is 236 Å². The molecule has 10 nitrogen and oxygen atoms in total. The minimum atomic E-state index is -0.676. The van der Waals surface area contributed by atoms with E-state index in [9.17, 15) is 9.90 Å². The largest absolute Gasteiger partial charge is 0.490 e.